The van der Waals surface area contributed by atoms with Gasteiger partial charge in [-0.25, -0.2) is 4.99 Å². The largest absolute Gasteiger partial charge is 0.398 e. The van der Waals surface area contributed by atoms with Gasteiger partial charge in [0.25, 0.3) is 0 Å². The number of rotatable bonds is 8. The number of benzene rings is 2. The molecule has 0 radical (unpaired) electrons. The molecule has 0 atom stereocenters. The average molecular weight is 442 g/mol. The van der Waals surface area contributed by atoms with Gasteiger partial charge in [-0.05, 0) is 57.4 Å². The summed E-state index contributed by atoms with van der Waals surface area (Å²) in [5.41, 5.74) is 10.7. The molecule has 0 fully saturated rings. The van der Waals surface area contributed by atoms with Crippen LogP contribution in [-0.4, -0.2) is 29.7 Å². The number of aliphatic imine (C=N–C) groups is 2. The smallest absolute Gasteiger partial charge is 0.162 e. The van der Waals surface area contributed by atoms with Crippen LogP contribution >= 0.6 is 0 Å². The summed E-state index contributed by atoms with van der Waals surface area (Å²) in [5, 5.41) is 0. The molecule has 33 heavy (non-hydrogen) atoms. The summed E-state index contributed by atoms with van der Waals surface area (Å²) in [6.07, 6.45) is 3.51. The fourth-order valence-corrected chi connectivity index (χ4v) is 3.63. The molecule has 0 unspecified atom stereocenters. The Kier molecular flexibility index (Phi) is 8.98. The molecule has 0 bridgehead atoms. The van der Waals surface area contributed by atoms with Crippen molar-refractivity contribution in [3.05, 3.63) is 95.1 Å². The maximum atomic E-state index is 13.1. The zero-order valence-electron chi connectivity index (χ0n) is 20.0. The number of aryl methyl sites for hydroxylation is 1. The van der Waals surface area contributed by atoms with Gasteiger partial charge in [0.2, 0.25) is 0 Å². The standard InChI is InChI=1S/C28H31N3O2/c1-7-17-30-21(6)31-28(24-15-11-12-16-25(24)29)27(20(5)33)26(19(4)32)22(8-2)23-14-10-9-13-18(23)3/h7-16H,1,17,29H2,2-6H3/b22-8+,27-26-,30-21?,31-28?. The molecule has 0 saturated heterocycles. The first-order valence-corrected chi connectivity index (χ1v) is 10.8. The van der Waals surface area contributed by atoms with Crippen molar-refractivity contribution in [2.75, 3.05) is 12.3 Å². The van der Waals surface area contributed by atoms with E-state index in [-0.39, 0.29) is 17.1 Å². The summed E-state index contributed by atoms with van der Waals surface area (Å²) < 4.78 is 0. The van der Waals surface area contributed by atoms with E-state index in [2.05, 4.69) is 16.6 Å². The van der Waals surface area contributed by atoms with E-state index >= 15 is 0 Å². The number of nitrogen functional groups attached to an aromatic ring is 1. The van der Waals surface area contributed by atoms with Gasteiger partial charge in [0.05, 0.1) is 17.8 Å². The van der Waals surface area contributed by atoms with Crippen molar-refractivity contribution in [2.24, 2.45) is 9.98 Å². The van der Waals surface area contributed by atoms with Gasteiger partial charge in [0, 0.05) is 16.8 Å². The summed E-state index contributed by atoms with van der Waals surface area (Å²) in [6.45, 7) is 12.5. The van der Waals surface area contributed by atoms with Gasteiger partial charge in [-0.2, -0.15) is 0 Å². The SMILES string of the molecule is C=CCN=C(C)N=C(/C(C(C)=O)=C(C(C)=O)\C(=C\C)c1ccccc1C)c1ccccc1N. The minimum absolute atomic E-state index is 0.213. The summed E-state index contributed by atoms with van der Waals surface area (Å²) in [4.78, 5) is 35.2. The molecule has 2 N–H and O–H groups in total. The van der Waals surface area contributed by atoms with Crippen LogP contribution in [0.5, 0.6) is 0 Å². The highest BCUT2D eigenvalue weighted by Gasteiger charge is 2.27. The number of ketones is 2. The third-order valence-corrected chi connectivity index (χ3v) is 5.12. The zero-order chi connectivity index (χ0) is 24.5. The molecule has 5 heteroatoms. The summed E-state index contributed by atoms with van der Waals surface area (Å²) >= 11 is 0. The number of nitrogens with two attached hydrogens (primary N) is 1. The number of para-hydroxylation sites is 1. The fourth-order valence-electron chi connectivity index (χ4n) is 3.63. The summed E-state index contributed by atoms with van der Waals surface area (Å²) in [7, 11) is 0. The maximum Gasteiger partial charge on any atom is 0.162 e. The highest BCUT2D eigenvalue weighted by Crippen LogP contribution is 2.32. The molecular weight excluding hydrogens is 410 g/mol. The molecular formula is C28H31N3O2. The van der Waals surface area contributed by atoms with Gasteiger partial charge in [-0.15, -0.1) is 6.58 Å². The van der Waals surface area contributed by atoms with Crippen LogP contribution in [0.3, 0.4) is 0 Å². The Hall–Kier alpha value is -3.86. The number of carbonyl (C=O) groups excluding carboxylic acids is 2. The Bertz CT molecular complexity index is 1200. The molecule has 0 heterocycles. The molecule has 0 saturated carbocycles. The number of hydrogen-bond acceptors (Lipinski definition) is 4. The Morgan fingerprint density at radius 2 is 1.52 bits per heavy atom. The van der Waals surface area contributed by atoms with Gasteiger partial charge >= 0.3 is 0 Å². The van der Waals surface area contributed by atoms with Crippen molar-refractivity contribution in [3.8, 4) is 0 Å². The van der Waals surface area contributed by atoms with Crippen LogP contribution in [-0.2, 0) is 9.59 Å². The molecule has 170 valence electrons. The lowest BCUT2D eigenvalue weighted by Crippen LogP contribution is -2.21. The van der Waals surface area contributed by atoms with Gasteiger partial charge in [0.1, 0.15) is 5.84 Å². The third-order valence-electron chi connectivity index (χ3n) is 5.12. The quantitative estimate of drug-likeness (QED) is 0.146. The number of amidine groups is 1. The Morgan fingerprint density at radius 1 is 0.939 bits per heavy atom. The van der Waals surface area contributed by atoms with Crippen molar-refractivity contribution in [3.63, 3.8) is 0 Å². The topological polar surface area (TPSA) is 84.9 Å². The molecule has 2 aromatic carbocycles. The Labute approximate surface area is 196 Å². The van der Waals surface area contributed by atoms with Crippen molar-refractivity contribution in [1.82, 2.24) is 0 Å². The van der Waals surface area contributed by atoms with Gasteiger partial charge in [0.15, 0.2) is 11.6 Å². The first-order valence-electron chi connectivity index (χ1n) is 10.8. The van der Waals surface area contributed by atoms with Crippen molar-refractivity contribution in [1.29, 1.82) is 0 Å². The molecule has 0 aromatic heterocycles. The molecule has 0 aliphatic rings. The minimum Gasteiger partial charge on any atom is -0.398 e. The van der Waals surface area contributed by atoms with E-state index in [1.165, 1.54) is 13.8 Å². The number of nitrogens with zero attached hydrogens (tertiary/aromatic N) is 2. The van der Waals surface area contributed by atoms with Gasteiger partial charge < -0.3 is 5.73 Å². The normalized spacial score (nSPS) is 13.4. The van der Waals surface area contributed by atoms with Crippen LogP contribution in [0.4, 0.5) is 5.69 Å². The summed E-state index contributed by atoms with van der Waals surface area (Å²) in [6, 6.07) is 14.9. The van der Waals surface area contributed by atoms with Crippen LogP contribution in [0, 0.1) is 6.92 Å². The molecule has 5 nitrogen and oxygen atoms in total. The minimum atomic E-state index is -0.286. The molecule has 0 aliphatic heterocycles. The molecule has 2 rings (SSSR count). The number of Topliss-reactive ketones (excluding diaryl/α,β-unsaturated/α-hetero) is 2. The van der Waals surface area contributed by atoms with Gasteiger partial charge in [-0.3, -0.25) is 14.6 Å². The van der Waals surface area contributed by atoms with Crippen LogP contribution in [0.1, 0.15) is 44.4 Å². The Balaban J connectivity index is 3.01. The van der Waals surface area contributed by atoms with E-state index in [4.69, 9.17) is 5.73 Å². The monoisotopic (exact) mass is 441 g/mol. The van der Waals surface area contributed by atoms with E-state index in [9.17, 15) is 9.59 Å². The first kappa shape index (κ1) is 25.4. The number of hydrogen-bond donors (Lipinski definition) is 1. The molecule has 2 aromatic rings. The van der Waals surface area contributed by atoms with E-state index in [1.54, 1.807) is 25.1 Å². The van der Waals surface area contributed by atoms with Crippen molar-refractivity contribution >= 4 is 34.4 Å². The second kappa shape index (κ2) is 11.7. The predicted octanol–water partition coefficient (Wildman–Crippen LogP) is 5.55. The third kappa shape index (κ3) is 6.10. The van der Waals surface area contributed by atoms with Crippen LogP contribution in [0.15, 0.2) is 88.4 Å². The lowest BCUT2D eigenvalue weighted by atomic mass is 9.84. The number of carbonyl (C=O) groups is 2. The average Bonchev–Trinajstić information content (AvgIpc) is 2.77. The number of allylic oxidation sites excluding steroid dienone is 4. The van der Waals surface area contributed by atoms with Gasteiger partial charge in [-0.1, -0.05) is 54.6 Å². The van der Waals surface area contributed by atoms with E-state index in [1.807, 2.05) is 56.3 Å². The Morgan fingerprint density at radius 3 is 2.03 bits per heavy atom. The molecule has 0 aliphatic carbocycles. The lowest BCUT2D eigenvalue weighted by molar-refractivity contribution is -0.115. The van der Waals surface area contributed by atoms with E-state index < -0.39 is 0 Å². The first-order chi connectivity index (χ1) is 15.7. The zero-order valence-corrected chi connectivity index (χ0v) is 20.0. The second-order valence-electron chi connectivity index (χ2n) is 7.60. The lowest BCUT2D eigenvalue weighted by Gasteiger charge is -2.19. The maximum absolute atomic E-state index is 13.1. The molecule has 0 amide bonds. The van der Waals surface area contributed by atoms with Crippen LogP contribution < -0.4 is 5.73 Å². The second-order valence-corrected chi connectivity index (χ2v) is 7.60. The van der Waals surface area contributed by atoms with Crippen molar-refractivity contribution < 1.29 is 9.59 Å². The van der Waals surface area contributed by atoms with E-state index in [0.717, 1.165) is 11.1 Å². The van der Waals surface area contributed by atoms with Crippen LogP contribution in [0.2, 0.25) is 0 Å². The fraction of sp³-hybridized carbons (Fsp3) is 0.214. The highest BCUT2D eigenvalue weighted by atomic mass is 16.1. The summed E-state index contributed by atoms with van der Waals surface area (Å²) in [5.74, 6) is -0.0705. The predicted molar refractivity (Wildman–Crippen MR) is 139 cm³/mol. The van der Waals surface area contributed by atoms with E-state index in [0.29, 0.717) is 40.5 Å². The number of anilines is 1. The molecule has 0 spiro atoms. The van der Waals surface area contributed by atoms with Crippen molar-refractivity contribution in [2.45, 2.75) is 34.6 Å². The van der Waals surface area contributed by atoms with Crippen LogP contribution in [0.25, 0.3) is 5.57 Å². The highest BCUT2D eigenvalue weighted by molar-refractivity contribution is 6.36.